The highest BCUT2D eigenvalue weighted by Crippen LogP contribution is 2.41. The fourth-order valence-electron chi connectivity index (χ4n) is 5.09. The normalized spacial score (nSPS) is 12.3. The van der Waals surface area contributed by atoms with E-state index >= 15 is 0 Å². The lowest BCUT2D eigenvalue weighted by molar-refractivity contribution is -0.142. The molecule has 0 aliphatic heterocycles. The van der Waals surface area contributed by atoms with Gasteiger partial charge in [0.15, 0.2) is 0 Å². The predicted octanol–water partition coefficient (Wildman–Crippen LogP) is 7.86. The molecule has 5 nitrogen and oxygen atoms in total. The maximum Gasteiger partial charge on any atom is 0.420 e. The molecule has 0 atom stereocenters. The highest BCUT2D eigenvalue weighted by molar-refractivity contribution is 9.10. The Labute approximate surface area is 220 Å². The maximum absolute atomic E-state index is 13.5. The number of aromatic nitrogens is 1. The minimum Gasteiger partial charge on any atom is -0.466 e. The molecule has 0 fully saturated rings. The SMILES string of the molecule is CCOC(=O)Cc1c(C#C[Si](C(C)C)(C(C)C)C(C)C)n(C(=O)OC(C)(C)C)c2cc(Br)ccc12. The Hall–Kier alpha value is -2.04. The lowest BCUT2D eigenvalue weighted by Gasteiger charge is -2.38. The first kappa shape index (κ1) is 29.2. The van der Waals surface area contributed by atoms with Crippen LogP contribution in [0.5, 0.6) is 0 Å². The van der Waals surface area contributed by atoms with Crippen LogP contribution >= 0.6 is 15.9 Å². The van der Waals surface area contributed by atoms with Crippen molar-refractivity contribution < 1.29 is 19.1 Å². The molecule has 1 heterocycles. The van der Waals surface area contributed by atoms with Crippen molar-refractivity contribution in [3.8, 4) is 11.5 Å². The van der Waals surface area contributed by atoms with Gasteiger partial charge in [-0.2, -0.15) is 0 Å². The smallest absolute Gasteiger partial charge is 0.420 e. The van der Waals surface area contributed by atoms with Gasteiger partial charge in [-0.1, -0.05) is 69.5 Å². The number of fused-ring (bicyclic) bond motifs is 1. The van der Waals surface area contributed by atoms with Crippen LogP contribution in [0, 0.1) is 11.5 Å². The molecule has 1 aromatic heterocycles. The third-order valence-corrected chi connectivity index (χ3v) is 13.3. The van der Waals surface area contributed by atoms with Crippen LogP contribution in [-0.4, -0.2) is 36.9 Å². The molecule has 0 aliphatic carbocycles. The molecule has 0 unspecified atom stereocenters. The summed E-state index contributed by atoms with van der Waals surface area (Å²) in [5.74, 6) is 3.10. The van der Waals surface area contributed by atoms with E-state index in [0.29, 0.717) is 40.0 Å². The Morgan fingerprint density at radius 2 is 1.63 bits per heavy atom. The largest absolute Gasteiger partial charge is 0.466 e. The third kappa shape index (κ3) is 6.40. The number of hydrogen-bond acceptors (Lipinski definition) is 4. The molecule has 0 bridgehead atoms. The zero-order valence-electron chi connectivity index (χ0n) is 22.8. The highest BCUT2D eigenvalue weighted by atomic mass is 79.9. The van der Waals surface area contributed by atoms with E-state index in [9.17, 15) is 9.59 Å². The lowest BCUT2D eigenvalue weighted by Crippen LogP contribution is -2.43. The topological polar surface area (TPSA) is 57.5 Å². The lowest BCUT2D eigenvalue weighted by atomic mass is 10.1. The number of carbonyl (C=O) groups is 2. The quantitative estimate of drug-likeness (QED) is 0.204. The molecule has 0 spiro atoms. The zero-order valence-corrected chi connectivity index (χ0v) is 25.4. The Kier molecular flexibility index (Phi) is 9.46. The summed E-state index contributed by atoms with van der Waals surface area (Å²) in [4.78, 5) is 26.1. The fourth-order valence-corrected chi connectivity index (χ4v) is 10.6. The molecular weight excluding hydrogens is 522 g/mol. The Morgan fingerprint density at radius 3 is 2.11 bits per heavy atom. The monoisotopic (exact) mass is 561 g/mol. The fraction of sp³-hybridized carbons (Fsp3) is 0.571. The van der Waals surface area contributed by atoms with Crippen LogP contribution in [0.4, 0.5) is 4.79 Å². The van der Waals surface area contributed by atoms with Gasteiger partial charge in [0.25, 0.3) is 0 Å². The van der Waals surface area contributed by atoms with Crippen LogP contribution in [0.1, 0.15) is 80.5 Å². The standard InChI is InChI=1S/C28H40BrNO4Si/c1-11-33-26(31)17-23-22-13-12-21(29)16-25(22)30(27(32)34-28(8,9)10)24(23)14-15-35(18(2)3,19(4)5)20(6)7/h12-13,16,18-20H,11,17H2,1-10H3. The summed E-state index contributed by atoms with van der Waals surface area (Å²) in [7, 11) is -2.10. The van der Waals surface area contributed by atoms with Gasteiger partial charge in [0.1, 0.15) is 19.4 Å². The molecule has 1 aromatic carbocycles. The minimum absolute atomic E-state index is 0.0331. The van der Waals surface area contributed by atoms with Gasteiger partial charge in [0, 0.05) is 15.4 Å². The Bertz CT molecular complexity index is 1120. The number of hydrogen-bond donors (Lipinski definition) is 0. The number of halogens is 1. The summed E-state index contributed by atoms with van der Waals surface area (Å²) in [5, 5.41) is 0.794. The van der Waals surface area contributed by atoms with Gasteiger partial charge in [-0.3, -0.25) is 4.79 Å². The van der Waals surface area contributed by atoms with Crippen molar-refractivity contribution in [2.24, 2.45) is 0 Å². The summed E-state index contributed by atoms with van der Waals surface area (Å²) < 4.78 is 13.4. The predicted molar refractivity (Wildman–Crippen MR) is 150 cm³/mol. The van der Waals surface area contributed by atoms with Crippen LogP contribution in [0.25, 0.3) is 10.9 Å². The summed E-state index contributed by atoms with van der Waals surface area (Å²) in [6.07, 6.45) is -0.475. The molecule has 192 valence electrons. The molecule has 0 amide bonds. The van der Waals surface area contributed by atoms with E-state index in [2.05, 4.69) is 68.9 Å². The van der Waals surface area contributed by atoms with Crippen molar-refractivity contribution in [2.75, 3.05) is 6.61 Å². The molecular formula is C28H40BrNO4Si. The first-order valence-electron chi connectivity index (χ1n) is 12.4. The van der Waals surface area contributed by atoms with E-state index in [1.807, 2.05) is 39.0 Å². The molecule has 0 N–H and O–H groups in total. The second-order valence-electron chi connectivity index (χ2n) is 10.9. The minimum atomic E-state index is -2.10. The van der Waals surface area contributed by atoms with Gasteiger partial charge < -0.3 is 9.47 Å². The zero-order chi connectivity index (χ0) is 26.7. The number of carbonyl (C=O) groups excluding carboxylic acids is 2. The molecule has 0 saturated carbocycles. The summed E-state index contributed by atoms with van der Waals surface area (Å²) in [6, 6.07) is 5.69. The highest BCUT2D eigenvalue weighted by Gasteiger charge is 2.42. The molecule has 0 radical (unpaired) electrons. The van der Waals surface area contributed by atoms with Crippen molar-refractivity contribution >= 4 is 47.0 Å². The summed E-state index contributed by atoms with van der Waals surface area (Å²) in [5.41, 5.74) is 6.19. The van der Waals surface area contributed by atoms with E-state index in [-0.39, 0.29) is 12.4 Å². The van der Waals surface area contributed by atoms with Crippen molar-refractivity contribution in [3.63, 3.8) is 0 Å². The number of nitrogens with zero attached hydrogens (tertiary/aromatic N) is 1. The van der Waals surface area contributed by atoms with E-state index in [4.69, 9.17) is 9.47 Å². The van der Waals surface area contributed by atoms with Gasteiger partial charge in [0.2, 0.25) is 0 Å². The van der Waals surface area contributed by atoms with Crippen LogP contribution in [-0.2, 0) is 20.7 Å². The van der Waals surface area contributed by atoms with Crippen molar-refractivity contribution in [1.29, 1.82) is 0 Å². The number of esters is 1. The maximum atomic E-state index is 13.5. The molecule has 7 heteroatoms. The average molecular weight is 563 g/mol. The number of rotatable bonds is 6. The first-order chi connectivity index (χ1) is 16.2. The molecule has 35 heavy (non-hydrogen) atoms. The van der Waals surface area contributed by atoms with Crippen molar-refractivity contribution in [2.45, 2.75) is 97.9 Å². The van der Waals surface area contributed by atoms with Gasteiger partial charge in [-0.25, -0.2) is 9.36 Å². The average Bonchev–Trinajstić information content (AvgIpc) is 2.99. The Morgan fingerprint density at radius 1 is 1.06 bits per heavy atom. The second-order valence-corrected chi connectivity index (χ2v) is 17.4. The number of ether oxygens (including phenoxy) is 2. The second kappa shape index (κ2) is 11.3. The molecule has 0 saturated heterocycles. The molecule has 2 rings (SSSR count). The van der Waals surface area contributed by atoms with E-state index in [1.54, 1.807) is 6.92 Å². The van der Waals surface area contributed by atoms with E-state index < -0.39 is 19.8 Å². The third-order valence-electron chi connectivity index (χ3n) is 6.50. The molecule has 2 aromatic rings. The first-order valence-corrected chi connectivity index (χ1v) is 15.4. The van der Waals surface area contributed by atoms with Gasteiger partial charge in [-0.15, -0.1) is 5.54 Å². The van der Waals surface area contributed by atoms with Crippen molar-refractivity contribution in [3.05, 3.63) is 33.9 Å². The Balaban J connectivity index is 2.96. The van der Waals surface area contributed by atoms with Crippen LogP contribution in [0.15, 0.2) is 22.7 Å². The van der Waals surface area contributed by atoms with Crippen LogP contribution in [0.2, 0.25) is 16.6 Å². The summed E-state index contributed by atoms with van der Waals surface area (Å²) >= 11 is 3.53. The van der Waals surface area contributed by atoms with Crippen LogP contribution in [0.3, 0.4) is 0 Å². The number of benzene rings is 1. The van der Waals surface area contributed by atoms with Crippen LogP contribution < -0.4 is 0 Å². The van der Waals surface area contributed by atoms with Gasteiger partial charge in [-0.05, 0) is 56.5 Å². The van der Waals surface area contributed by atoms with E-state index in [0.717, 1.165) is 9.86 Å². The van der Waals surface area contributed by atoms with Crippen molar-refractivity contribution in [1.82, 2.24) is 4.57 Å². The van der Waals surface area contributed by atoms with E-state index in [1.165, 1.54) is 4.57 Å². The molecule has 0 aliphatic rings. The van der Waals surface area contributed by atoms with Gasteiger partial charge >= 0.3 is 12.1 Å². The summed E-state index contributed by atoms with van der Waals surface area (Å²) in [6.45, 7) is 21.1. The van der Waals surface area contributed by atoms with Gasteiger partial charge in [0.05, 0.1) is 18.5 Å².